The van der Waals surface area contributed by atoms with Gasteiger partial charge >= 0.3 is 0 Å². The average Bonchev–Trinajstić information content (AvgIpc) is 2.99. The van der Waals surface area contributed by atoms with Crippen molar-refractivity contribution in [1.29, 1.82) is 0 Å². The first-order valence-electron chi connectivity index (χ1n) is 5.98. The maximum atomic E-state index is 12.4. The van der Waals surface area contributed by atoms with Crippen molar-refractivity contribution in [1.82, 2.24) is 9.55 Å². The molecule has 0 spiro atoms. The molecule has 1 unspecified atom stereocenters. The Bertz CT molecular complexity index is 647. The molecular weight excluding hydrogens is 328 g/mol. The zero-order chi connectivity index (χ0) is 13.4. The molecule has 19 heavy (non-hydrogen) atoms. The molecule has 2 aromatic heterocycles. The molecule has 0 fully saturated rings. The molecule has 4 nitrogen and oxygen atoms in total. The molecule has 1 aliphatic heterocycles. The lowest BCUT2D eigenvalue weighted by atomic mass is 9.97. The SMILES string of the molecule is O=C1CCC(C(=O)Cc2ncc(Br)s2)n2cccc21. The number of nitrogens with zero attached hydrogens (tertiary/aromatic N) is 2. The predicted octanol–water partition coefficient (Wildman–Crippen LogP) is 3.04. The highest BCUT2D eigenvalue weighted by atomic mass is 79.9. The Balaban J connectivity index is 1.82. The molecule has 0 radical (unpaired) electrons. The normalized spacial score (nSPS) is 18.4. The molecular formula is C13H11BrN2O2S. The van der Waals surface area contributed by atoms with Crippen LogP contribution in [-0.2, 0) is 11.2 Å². The summed E-state index contributed by atoms with van der Waals surface area (Å²) in [5, 5.41) is 0.808. The van der Waals surface area contributed by atoms with Gasteiger partial charge in [-0.05, 0) is 34.5 Å². The predicted molar refractivity (Wildman–Crippen MR) is 75.6 cm³/mol. The van der Waals surface area contributed by atoms with E-state index in [0.29, 0.717) is 25.0 Å². The second-order valence-corrected chi connectivity index (χ2v) is 6.97. The molecule has 0 bridgehead atoms. The first-order valence-corrected chi connectivity index (χ1v) is 7.59. The first-order chi connectivity index (χ1) is 9.15. The highest BCUT2D eigenvalue weighted by Crippen LogP contribution is 2.28. The fourth-order valence-corrected chi connectivity index (χ4v) is 3.70. The van der Waals surface area contributed by atoms with Gasteiger partial charge in [-0.2, -0.15) is 0 Å². The number of thiazole rings is 1. The summed E-state index contributed by atoms with van der Waals surface area (Å²) in [5.74, 6) is 0.234. The monoisotopic (exact) mass is 338 g/mol. The number of fused-ring (bicyclic) bond motifs is 1. The van der Waals surface area contributed by atoms with Gasteiger partial charge in [-0.15, -0.1) is 11.3 Å². The Hall–Kier alpha value is -1.27. The minimum atomic E-state index is -0.231. The second kappa shape index (κ2) is 5.02. The topological polar surface area (TPSA) is 52.0 Å². The summed E-state index contributed by atoms with van der Waals surface area (Å²) < 4.78 is 2.73. The van der Waals surface area contributed by atoms with Crippen molar-refractivity contribution >= 4 is 38.8 Å². The number of aromatic nitrogens is 2. The minimum Gasteiger partial charge on any atom is -0.335 e. The zero-order valence-corrected chi connectivity index (χ0v) is 12.4. The Morgan fingerprint density at radius 2 is 2.42 bits per heavy atom. The third-order valence-electron chi connectivity index (χ3n) is 3.27. The Morgan fingerprint density at radius 1 is 1.58 bits per heavy atom. The third kappa shape index (κ3) is 2.42. The highest BCUT2D eigenvalue weighted by molar-refractivity contribution is 9.11. The van der Waals surface area contributed by atoms with Crippen LogP contribution in [0.2, 0.25) is 0 Å². The van der Waals surface area contributed by atoms with Crippen LogP contribution >= 0.6 is 27.3 Å². The molecule has 1 atom stereocenters. The van der Waals surface area contributed by atoms with Gasteiger partial charge in [0, 0.05) is 12.6 Å². The van der Waals surface area contributed by atoms with Crippen molar-refractivity contribution in [3.05, 3.63) is 39.0 Å². The van der Waals surface area contributed by atoms with E-state index in [-0.39, 0.29) is 17.6 Å². The maximum Gasteiger partial charge on any atom is 0.179 e. The van der Waals surface area contributed by atoms with Gasteiger partial charge in [0.25, 0.3) is 0 Å². The van der Waals surface area contributed by atoms with Crippen LogP contribution in [0.5, 0.6) is 0 Å². The number of rotatable bonds is 3. The molecule has 1 aliphatic rings. The highest BCUT2D eigenvalue weighted by Gasteiger charge is 2.29. The van der Waals surface area contributed by atoms with Gasteiger partial charge in [0.05, 0.1) is 28.1 Å². The quantitative estimate of drug-likeness (QED) is 0.864. The van der Waals surface area contributed by atoms with Crippen LogP contribution in [0.15, 0.2) is 28.3 Å². The lowest BCUT2D eigenvalue weighted by Crippen LogP contribution is -2.28. The van der Waals surface area contributed by atoms with E-state index in [1.165, 1.54) is 11.3 Å². The standard InChI is InChI=1S/C13H11BrN2O2S/c14-12-7-15-13(19-12)6-11(18)9-3-4-10(17)8-2-1-5-16(8)9/h1-2,5,7,9H,3-4,6H2. The van der Waals surface area contributed by atoms with E-state index in [2.05, 4.69) is 20.9 Å². The van der Waals surface area contributed by atoms with E-state index in [0.717, 1.165) is 8.79 Å². The van der Waals surface area contributed by atoms with Gasteiger partial charge in [-0.1, -0.05) is 0 Å². The van der Waals surface area contributed by atoms with Crippen molar-refractivity contribution in [3.8, 4) is 0 Å². The van der Waals surface area contributed by atoms with E-state index < -0.39 is 0 Å². The van der Waals surface area contributed by atoms with E-state index in [9.17, 15) is 9.59 Å². The molecule has 0 saturated carbocycles. The molecule has 6 heteroatoms. The van der Waals surface area contributed by atoms with Crippen LogP contribution in [0.3, 0.4) is 0 Å². The zero-order valence-electron chi connectivity index (χ0n) is 10.0. The Labute approximate surface area is 122 Å². The molecule has 3 heterocycles. The molecule has 0 aromatic carbocycles. The fraction of sp³-hybridized carbons (Fsp3) is 0.308. The number of hydrogen-bond acceptors (Lipinski definition) is 4. The molecule has 3 rings (SSSR count). The van der Waals surface area contributed by atoms with Gasteiger partial charge in [-0.25, -0.2) is 4.98 Å². The van der Waals surface area contributed by atoms with Crippen molar-refractivity contribution in [2.45, 2.75) is 25.3 Å². The number of halogens is 1. The van der Waals surface area contributed by atoms with E-state index in [1.807, 2.05) is 12.3 Å². The number of ketones is 2. The maximum absolute atomic E-state index is 12.4. The van der Waals surface area contributed by atoms with Crippen molar-refractivity contribution in [3.63, 3.8) is 0 Å². The Morgan fingerprint density at radius 3 is 3.16 bits per heavy atom. The number of Topliss-reactive ketones (excluding diaryl/α,β-unsaturated/α-hetero) is 2. The molecule has 0 aliphatic carbocycles. The van der Waals surface area contributed by atoms with E-state index in [1.54, 1.807) is 16.8 Å². The van der Waals surface area contributed by atoms with Crippen molar-refractivity contribution < 1.29 is 9.59 Å². The van der Waals surface area contributed by atoms with Gasteiger partial charge in [0.2, 0.25) is 0 Å². The van der Waals surface area contributed by atoms with E-state index >= 15 is 0 Å². The number of hydrogen-bond donors (Lipinski definition) is 0. The molecule has 98 valence electrons. The van der Waals surface area contributed by atoms with Gasteiger partial charge in [0.1, 0.15) is 5.01 Å². The number of carbonyl (C=O) groups excluding carboxylic acids is 2. The lowest BCUT2D eigenvalue weighted by Gasteiger charge is -2.24. The lowest BCUT2D eigenvalue weighted by molar-refractivity contribution is -0.121. The van der Waals surface area contributed by atoms with Gasteiger partial charge in [-0.3, -0.25) is 9.59 Å². The summed E-state index contributed by atoms with van der Waals surface area (Å²) in [7, 11) is 0. The number of carbonyl (C=O) groups is 2. The molecule has 0 saturated heterocycles. The molecule has 0 amide bonds. The van der Waals surface area contributed by atoms with Crippen LogP contribution in [0.25, 0.3) is 0 Å². The van der Waals surface area contributed by atoms with Crippen LogP contribution < -0.4 is 0 Å². The van der Waals surface area contributed by atoms with Crippen molar-refractivity contribution in [2.75, 3.05) is 0 Å². The largest absolute Gasteiger partial charge is 0.335 e. The van der Waals surface area contributed by atoms with Gasteiger partial charge in [0.15, 0.2) is 11.6 Å². The third-order valence-corrected chi connectivity index (χ3v) is 4.74. The van der Waals surface area contributed by atoms with Crippen LogP contribution in [0, 0.1) is 0 Å². The molecule has 0 N–H and O–H groups in total. The Kier molecular flexibility index (Phi) is 3.36. The van der Waals surface area contributed by atoms with Crippen LogP contribution in [0.4, 0.5) is 0 Å². The summed E-state index contributed by atoms with van der Waals surface area (Å²) >= 11 is 4.81. The van der Waals surface area contributed by atoms with E-state index in [4.69, 9.17) is 0 Å². The summed E-state index contributed by atoms with van der Waals surface area (Å²) in [4.78, 5) is 28.3. The van der Waals surface area contributed by atoms with Gasteiger partial charge < -0.3 is 4.57 Å². The van der Waals surface area contributed by atoms with Crippen LogP contribution in [-0.4, -0.2) is 21.1 Å². The average molecular weight is 339 g/mol. The van der Waals surface area contributed by atoms with Crippen molar-refractivity contribution in [2.24, 2.45) is 0 Å². The van der Waals surface area contributed by atoms with Crippen LogP contribution in [0.1, 0.15) is 34.4 Å². The first kappa shape index (κ1) is 12.7. The second-order valence-electron chi connectivity index (χ2n) is 4.48. The summed E-state index contributed by atoms with van der Waals surface area (Å²) in [6.45, 7) is 0. The summed E-state index contributed by atoms with van der Waals surface area (Å²) in [5.41, 5.74) is 0.643. The summed E-state index contributed by atoms with van der Waals surface area (Å²) in [6, 6.07) is 3.37. The fourth-order valence-electron chi connectivity index (χ4n) is 2.39. The molecule has 2 aromatic rings. The smallest absolute Gasteiger partial charge is 0.179 e. The minimum absolute atomic E-state index is 0.117. The summed E-state index contributed by atoms with van der Waals surface area (Å²) in [6.07, 6.45) is 4.88.